The van der Waals surface area contributed by atoms with Gasteiger partial charge in [-0.1, -0.05) is 36.4 Å². The summed E-state index contributed by atoms with van der Waals surface area (Å²) in [5.74, 6) is -0.115. The first-order chi connectivity index (χ1) is 7.77. The van der Waals surface area contributed by atoms with Gasteiger partial charge in [0.15, 0.2) is 0 Å². The van der Waals surface area contributed by atoms with Gasteiger partial charge >= 0.3 is 0 Å². The van der Waals surface area contributed by atoms with Crippen molar-refractivity contribution in [3.8, 4) is 0 Å². The van der Waals surface area contributed by atoms with Crippen LogP contribution in [-0.4, -0.2) is 19.1 Å². The molecule has 16 heavy (non-hydrogen) atoms. The molecule has 1 amide bonds. The summed E-state index contributed by atoms with van der Waals surface area (Å²) in [6.45, 7) is 4.05. The molecule has 1 N–H and O–H groups in total. The minimum absolute atomic E-state index is 0.115. The van der Waals surface area contributed by atoms with Gasteiger partial charge in [0, 0.05) is 13.5 Å². The second kappa shape index (κ2) is 6.80. The summed E-state index contributed by atoms with van der Waals surface area (Å²) >= 11 is 0. The van der Waals surface area contributed by atoms with E-state index in [4.69, 9.17) is 4.74 Å². The van der Waals surface area contributed by atoms with Crippen LogP contribution in [0.3, 0.4) is 0 Å². The number of hydrogen-bond acceptors (Lipinski definition) is 2. The Bertz CT molecular complexity index is 335. The van der Waals surface area contributed by atoms with Crippen LogP contribution in [0.5, 0.6) is 0 Å². The Morgan fingerprint density at radius 2 is 2.19 bits per heavy atom. The van der Waals surface area contributed by atoms with Crippen molar-refractivity contribution < 1.29 is 9.53 Å². The third kappa shape index (κ3) is 3.87. The third-order valence-corrected chi connectivity index (χ3v) is 2.21. The zero-order valence-electron chi connectivity index (χ0n) is 9.48. The highest BCUT2D eigenvalue weighted by atomic mass is 16.5. The van der Waals surface area contributed by atoms with Crippen molar-refractivity contribution >= 4 is 5.91 Å². The monoisotopic (exact) mass is 219 g/mol. The zero-order valence-corrected chi connectivity index (χ0v) is 9.48. The van der Waals surface area contributed by atoms with Crippen molar-refractivity contribution in [1.29, 1.82) is 0 Å². The summed E-state index contributed by atoms with van der Waals surface area (Å²) < 4.78 is 5.54. The van der Waals surface area contributed by atoms with E-state index in [-0.39, 0.29) is 5.91 Å². The van der Waals surface area contributed by atoms with Gasteiger partial charge in [-0.2, -0.15) is 0 Å². The average molecular weight is 219 g/mol. The molecular weight excluding hydrogens is 202 g/mol. The van der Waals surface area contributed by atoms with Crippen LogP contribution in [0.2, 0.25) is 0 Å². The van der Waals surface area contributed by atoms with Gasteiger partial charge in [0.05, 0.1) is 6.61 Å². The Morgan fingerprint density at radius 1 is 1.50 bits per heavy atom. The molecule has 0 aliphatic heterocycles. The molecule has 0 aliphatic rings. The van der Waals surface area contributed by atoms with Gasteiger partial charge in [-0.05, 0) is 5.56 Å². The Kier molecular flexibility index (Phi) is 5.29. The molecular formula is C13H17NO2. The van der Waals surface area contributed by atoms with Gasteiger partial charge in [-0.25, -0.2) is 0 Å². The van der Waals surface area contributed by atoms with E-state index in [1.54, 1.807) is 13.1 Å². The van der Waals surface area contributed by atoms with Crippen molar-refractivity contribution in [2.75, 3.05) is 7.05 Å². The second-order valence-corrected chi connectivity index (χ2v) is 3.42. The van der Waals surface area contributed by atoms with Crippen molar-refractivity contribution in [3.05, 3.63) is 48.6 Å². The number of carbonyl (C=O) groups excluding carboxylic acids is 1. The number of ether oxygens (including phenoxy) is 1. The Hall–Kier alpha value is -1.61. The molecule has 1 aromatic rings. The molecule has 1 unspecified atom stereocenters. The Balaban J connectivity index is 2.50. The van der Waals surface area contributed by atoms with Crippen molar-refractivity contribution in [1.82, 2.24) is 5.32 Å². The van der Waals surface area contributed by atoms with Crippen molar-refractivity contribution in [2.45, 2.75) is 19.1 Å². The predicted molar refractivity (Wildman–Crippen MR) is 63.9 cm³/mol. The zero-order chi connectivity index (χ0) is 11.8. The topological polar surface area (TPSA) is 38.3 Å². The fraction of sp³-hybridized carbons (Fsp3) is 0.308. The molecule has 3 nitrogen and oxygen atoms in total. The normalized spacial score (nSPS) is 11.8. The quantitative estimate of drug-likeness (QED) is 0.742. The highest BCUT2D eigenvalue weighted by molar-refractivity contribution is 5.80. The standard InChI is InChI=1S/C13H17NO2/c1-3-7-12(13(15)14-2)16-10-11-8-5-4-6-9-11/h3-6,8-9,12H,1,7,10H2,2H3,(H,14,15). The van der Waals surface area contributed by atoms with E-state index in [2.05, 4.69) is 11.9 Å². The molecule has 0 saturated heterocycles. The Morgan fingerprint density at radius 3 is 2.75 bits per heavy atom. The van der Waals surface area contributed by atoms with E-state index >= 15 is 0 Å². The maximum atomic E-state index is 11.4. The number of amides is 1. The lowest BCUT2D eigenvalue weighted by atomic mass is 10.2. The summed E-state index contributed by atoms with van der Waals surface area (Å²) in [5.41, 5.74) is 1.06. The lowest BCUT2D eigenvalue weighted by molar-refractivity contribution is -0.132. The molecule has 0 radical (unpaired) electrons. The van der Waals surface area contributed by atoms with Gasteiger partial charge in [-0.15, -0.1) is 6.58 Å². The van der Waals surface area contributed by atoms with Crippen LogP contribution in [0.25, 0.3) is 0 Å². The van der Waals surface area contributed by atoms with Crippen LogP contribution >= 0.6 is 0 Å². The molecule has 86 valence electrons. The summed E-state index contributed by atoms with van der Waals surface area (Å²) in [6, 6.07) is 9.77. The number of likely N-dealkylation sites (N-methyl/N-ethyl adjacent to an activating group) is 1. The lowest BCUT2D eigenvalue weighted by Gasteiger charge is -2.14. The fourth-order valence-corrected chi connectivity index (χ4v) is 1.33. The van der Waals surface area contributed by atoms with Gasteiger partial charge in [0.1, 0.15) is 6.10 Å². The van der Waals surface area contributed by atoms with E-state index in [0.717, 1.165) is 5.56 Å². The molecule has 0 aromatic heterocycles. The van der Waals surface area contributed by atoms with Gasteiger partial charge in [0.25, 0.3) is 0 Å². The van der Waals surface area contributed by atoms with Gasteiger partial charge in [-0.3, -0.25) is 4.79 Å². The number of hydrogen-bond donors (Lipinski definition) is 1. The molecule has 3 heteroatoms. The minimum atomic E-state index is -0.456. The van der Waals surface area contributed by atoms with Crippen LogP contribution in [-0.2, 0) is 16.1 Å². The first-order valence-corrected chi connectivity index (χ1v) is 5.26. The Labute approximate surface area is 96.1 Å². The van der Waals surface area contributed by atoms with Crippen LogP contribution in [0.4, 0.5) is 0 Å². The van der Waals surface area contributed by atoms with Crippen molar-refractivity contribution in [3.63, 3.8) is 0 Å². The molecule has 0 aliphatic carbocycles. The predicted octanol–water partition coefficient (Wildman–Crippen LogP) is 1.89. The van der Waals surface area contributed by atoms with E-state index in [0.29, 0.717) is 13.0 Å². The summed E-state index contributed by atoms with van der Waals surface area (Å²) in [4.78, 5) is 11.4. The minimum Gasteiger partial charge on any atom is -0.363 e. The van der Waals surface area contributed by atoms with Crippen molar-refractivity contribution in [2.24, 2.45) is 0 Å². The summed E-state index contributed by atoms with van der Waals surface area (Å²) in [7, 11) is 1.60. The van der Waals surface area contributed by atoms with Gasteiger partial charge in [0.2, 0.25) is 5.91 Å². The lowest BCUT2D eigenvalue weighted by Crippen LogP contribution is -2.33. The fourth-order valence-electron chi connectivity index (χ4n) is 1.33. The molecule has 0 bridgehead atoms. The number of rotatable bonds is 6. The first kappa shape index (κ1) is 12.5. The maximum Gasteiger partial charge on any atom is 0.249 e. The van der Waals surface area contributed by atoms with Crippen LogP contribution in [0.1, 0.15) is 12.0 Å². The molecule has 0 heterocycles. The molecule has 0 spiro atoms. The number of carbonyl (C=O) groups is 1. The van der Waals surface area contributed by atoms with E-state index in [9.17, 15) is 4.79 Å². The van der Waals surface area contributed by atoms with Gasteiger partial charge < -0.3 is 10.1 Å². The third-order valence-electron chi connectivity index (χ3n) is 2.21. The van der Waals surface area contributed by atoms with Crippen LogP contribution in [0, 0.1) is 0 Å². The highest BCUT2D eigenvalue weighted by Crippen LogP contribution is 2.06. The smallest absolute Gasteiger partial charge is 0.249 e. The van der Waals surface area contributed by atoms with E-state index in [1.165, 1.54) is 0 Å². The van der Waals surface area contributed by atoms with E-state index < -0.39 is 6.10 Å². The molecule has 1 aromatic carbocycles. The number of benzene rings is 1. The van der Waals surface area contributed by atoms with Crippen LogP contribution in [0.15, 0.2) is 43.0 Å². The molecule has 1 atom stereocenters. The molecule has 1 rings (SSSR count). The average Bonchev–Trinajstić information content (AvgIpc) is 2.34. The largest absolute Gasteiger partial charge is 0.363 e. The SMILES string of the molecule is C=CCC(OCc1ccccc1)C(=O)NC. The van der Waals surface area contributed by atoms with E-state index in [1.807, 2.05) is 30.3 Å². The number of nitrogens with one attached hydrogen (secondary N) is 1. The molecule has 0 saturated carbocycles. The maximum absolute atomic E-state index is 11.4. The first-order valence-electron chi connectivity index (χ1n) is 5.26. The highest BCUT2D eigenvalue weighted by Gasteiger charge is 2.15. The summed E-state index contributed by atoms with van der Waals surface area (Å²) in [6.07, 6.45) is 1.75. The second-order valence-electron chi connectivity index (χ2n) is 3.42. The molecule has 0 fully saturated rings. The van der Waals surface area contributed by atoms with Crippen LogP contribution < -0.4 is 5.32 Å². The summed E-state index contributed by atoms with van der Waals surface area (Å²) in [5, 5.41) is 2.57.